The highest BCUT2D eigenvalue weighted by molar-refractivity contribution is 5.98. The molecule has 2 aromatic carbocycles. The minimum atomic E-state index is -0.417. The molecule has 0 saturated heterocycles. The number of hydrogen-bond donors (Lipinski definition) is 4. The van der Waals surface area contributed by atoms with Crippen molar-refractivity contribution in [1.82, 2.24) is 10.4 Å². The summed E-state index contributed by atoms with van der Waals surface area (Å²) in [4.78, 5) is 15.1. The molecular weight excluding hydrogens is 310 g/mol. The first kappa shape index (κ1) is 15.4. The number of benzene rings is 2. The van der Waals surface area contributed by atoms with Crippen molar-refractivity contribution in [3.63, 3.8) is 0 Å². The first-order valence-electron chi connectivity index (χ1n) is 7.09. The second kappa shape index (κ2) is 6.33. The first-order valence-corrected chi connectivity index (χ1v) is 7.09. The lowest BCUT2D eigenvalue weighted by Crippen LogP contribution is -2.17. The molecule has 0 unspecified atom stereocenters. The Hall–Kier alpha value is -3.48. The Labute approximate surface area is 137 Å². The Bertz CT molecular complexity index is 931. The number of methoxy groups -OCH3 is 1. The van der Waals surface area contributed by atoms with Gasteiger partial charge in [0, 0.05) is 28.6 Å². The number of hydrogen-bond acceptors (Lipinski definition) is 5. The van der Waals surface area contributed by atoms with Crippen molar-refractivity contribution in [2.75, 3.05) is 7.11 Å². The van der Waals surface area contributed by atoms with Crippen LogP contribution in [-0.2, 0) is 0 Å². The van der Waals surface area contributed by atoms with E-state index < -0.39 is 5.91 Å². The van der Waals surface area contributed by atoms with Crippen LogP contribution in [0.5, 0.6) is 17.2 Å². The van der Waals surface area contributed by atoms with Crippen molar-refractivity contribution < 1.29 is 19.7 Å². The lowest BCUT2D eigenvalue weighted by molar-refractivity contribution is 0.0951. The number of fused-ring (bicyclic) bond motifs is 1. The molecule has 4 N–H and O–H groups in total. The highest BCUT2D eigenvalue weighted by atomic mass is 16.5. The van der Waals surface area contributed by atoms with Gasteiger partial charge in [-0.1, -0.05) is 0 Å². The van der Waals surface area contributed by atoms with E-state index in [1.807, 2.05) is 12.1 Å². The summed E-state index contributed by atoms with van der Waals surface area (Å²) < 4.78 is 5.14. The summed E-state index contributed by atoms with van der Waals surface area (Å²) in [7, 11) is 1.57. The normalized spacial score (nSPS) is 11.0. The largest absolute Gasteiger partial charge is 0.508 e. The van der Waals surface area contributed by atoms with Gasteiger partial charge < -0.3 is 19.9 Å². The van der Waals surface area contributed by atoms with E-state index in [9.17, 15) is 15.0 Å². The van der Waals surface area contributed by atoms with Crippen molar-refractivity contribution in [2.45, 2.75) is 0 Å². The standard InChI is InChI=1S/C17H15N3O4/c1-24-13-5-3-10-6-15(19-14(10)8-13)17(23)20-18-9-11-2-4-12(21)7-16(11)22/h2-9,19,21-22H,1H3,(H,20,23). The number of nitrogens with zero attached hydrogens (tertiary/aromatic N) is 1. The highest BCUT2D eigenvalue weighted by Crippen LogP contribution is 2.22. The second-order valence-corrected chi connectivity index (χ2v) is 5.08. The topological polar surface area (TPSA) is 107 Å². The number of rotatable bonds is 4. The Morgan fingerprint density at radius 1 is 1.21 bits per heavy atom. The van der Waals surface area contributed by atoms with Crippen LogP contribution in [0.1, 0.15) is 16.1 Å². The smallest absolute Gasteiger partial charge is 0.287 e. The molecular formula is C17H15N3O4. The number of amides is 1. The molecule has 0 bridgehead atoms. The summed E-state index contributed by atoms with van der Waals surface area (Å²) >= 11 is 0. The number of H-pyrrole nitrogens is 1. The maximum atomic E-state index is 12.1. The average Bonchev–Trinajstić information content (AvgIpc) is 2.99. The van der Waals surface area contributed by atoms with Crippen LogP contribution < -0.4 is 10.2 Å². The van der Waals surface area contributed by atoms with Gasteiger partial charge in [-0.3, -0.25) is 4.79 Å². The van der Waals surface area contributed by atoms with Gasteiger partial charge in [0.25, 0.3) is 5.91 Å². The maximum Gasteiger partial charge on any atom is 0.287 e. The summed E-state index contributed by atoms with van der Waals surface area (Å²) in [5.74, 6) is 0.0877. The summed E-state index contributed by atoms with van der Waals surface area (Å²) in [6.45, 7) is 0. The minimum absolute atomic E-state index is 0.0535. The predicted octanol–water partition coefficient (Wildman–Crippen LogP) is 2.35. The SMILES string of the molecule is COc1ccc2cc(C(=O)NN=Cc3ccc(O)cc3O)[nH]c2c1. The molecule has 24 heavy (non-hydrogen) atoms. The zero-order valence-corrected chi connectivity index (χ0v) is 12.8. The zero-order valence-electron chi connectivity index (χ0n) is 12.8. The molecule has 0 spiro atoms. The van der Waals surface area contributed by atoms with Gasteiger partial charge in [0.2, 0.25) is 0 Å². The lowest BCUT2D eigenvalue weighted by Gasteiger charge is -2.00. The van der Waals surface area contributed by atoms with Gasteiger partial charge in [-0.25, -0.2) is 5.43 Å². The molecule has 7 heteroatoms. The van der Waals surface area contributed by atoms with Crippen molar-refractivity contribution in [3.8, 4) is 17.2 Å². The van der Waals surface area contributed by atoms with Crippen LogP contribution in [0.3, 0.4) is 0 Å². The molecule has 0 atom stereocenters. The van der Waals surface area contributed by atoms with Crippen LogP contribution in [0, 0.1) is 0 Å². The Morgan fingerprint density at radius 3 is 2.79 bits per heavy atom. The fourth-order valence-corrected chi connectivity index (χ4v) is 2.22. The maximum absolute atomic E-state index is 12.1. The van der Waals surface area contributed by atoms with Crippen LogP contribution in [0.15, 0.2) is 47.6 Å². The third kappa shape index (κ3) is 3.14. The van der Waals surface area contributed by atoms with E-state index in [1.165, 1.54) is 24.4 Å². The molecule has 122 valence electrons. The van der Waals surface area contributed by atoms with Crippen molar-refractivity contribution in [3.05, 3.63) is 53.7 Å². The van der Waals surface area contributed by atoms with E-state index in [-0.39, 0.29) is 11.5 Å². The summed E-state index contributed by atoms with van der Waals surface area (Å²) in [5.41, 5.74) is 3.87. The van der Waals surface area contributed by atoms with Gasteiger partial charge in [-0.2, -0.15) is 5.10 Å². The molecule has 3 aromatic rings. The molecule has 7 nitrogen and oxygen atoms in total. The Morgan fingerprint density at radius 2 is 2.04 bits per heavy atom. The van der Waals surface area contributed by atoms with Gasteiger partial charge in [0.15, 0.2) is 0 Å². The second-order valence-electron chi connectivity index (χ2n) is 5.08. The molecule has 1 heterocycles. The van der Waals surface area contributed by atoms with Crippen LogP contribution in [0.2, 0.25) is 0 Å². The van der Waals surface area contributed by atoms with Crippen LogP contribution in [-0.4, -0.2) is 34.4 Å². The van der Waals surface area contributed by atoms with Crippen molar-refractivity contribution in [1.29, 1.82) is 0 Å². The summed E-state index contributed by atoms with van der Waals surface area (Å²) in [5, 5.41) is 23.5. The molecule has 1 amide bonds. The Kier molecular flexibility index (Phi) is 4.07. The van der Waals surface area contributed by atoms with Crippen molar-refractivity contribution in [2.24, 2.45) is 5.10 Å². The molecule has 1 aromatic heterocycles. The molecule has 0 saturated carbocycles. The Balaban J connectivity index is 1.73. The van der Waals surface area contributed by atoms with Gasteiger partial charge in [-0.15, -0.1) is 0 Å². The van der Waals surface area contributed by atoms with Gasteiger partial charge in [0.05, 0.1) is 13.3 Å². The highest BCUT2D eigenvalue weighted by Gasteiger charge is 2.09. The van der Waals surface area contributed by atoms with E-state index in [1.54, 1.807) is 19.2 Å². The van der Waals surface area contributed by atoms with E-state index >= 15 is 0 Å². The molecule has 0 radical (unpaired) electrons. The minimum Gasteiger partial charge on any atom is -0.508 e. The zero-order chi connectivity index (χ0) is 17.1. The molecule has 0 aliphatic heterocycles. The molecule has 0 aliphatic carbocycles. The third-order valence-electron chi connectivity index (χ3n) is 3.46. The van der Waals surface area contributed by atoms with E-state index in [2.05, 4.69) is 15.5 Å². The van der Waals surface area contributed by atoms with Crippen LogP contribution in [0.25, 0.3) is 10.9 Å². The lowest BCUT2D eigenvalue weighted by atomic mass is 10.2. The van der Waals surface area contributed by atoms with Gasteiger partial charge in [0.1, 0.15) is 22.9 Å². The third-order valence-corrected chi connectivity index (χ3v) is 3.46. The first-order chi connectivity index (χ1) is 11.6. The number of aromatic amines is 1. The number of aromatic nitrogens is 1. The number of nitrogens with one attached hydrogen (secondary N) is 2. The number of phenolic OH excluding ortho intramolecular Hbond substituents is 2. The van der Waals surface area contributed by atoms with Crippen LogP contribution >= 0.6 is 0 Å². The van der Waals surface area contributed by atoms with Gasteiger partial charge in [-0.05, 0) is 30.3 Å². The number of hydrazone groups is 1. The number of carbonyl (C=O) groups is 1. The number of ether oxygens (including phenoxy) is 1. The number of phenols is 2. The fraction of sp³-hybridized carbons (Fsp3) is 0.0588. The molecule has 3 rings (SSSR count). The molecule has 0 aliphatic rings. The number of carbonyl (C=O) groups excluding carboxylic acids is 1. The summed E-state index contributed by atoms with van der Waals surface area (Å²) in [6.07, 6.45) is 1.29. The number of aromatic hydroxyl groups is 2. The van der Waals surface area contributed by atoms with Crippen molar-refractivity contribution >= 4 is 23.0 Å². The predicted molar refractivity (Wildman–Crippen MR) is 89.7 cm³/mol. The summed E-state index contributed by atoms with van der Waals surface area (Å²) in [6, 6.07) is 11.2. The molecule has 0 fully saturated rings. The van der Waals surface area contributed by atoms with E-state index in [0.29, 0.717) is 17.0 Å². The van der Waals surface area contributed by atoms with Gasteiger partial charge >= 0.3 is 0 Å². The monoisotopic (exact) mass is 325 g/mol. The van der Waals surface area contributed by atoms with Crippen LogP contribution in [0.4, 0.5) is 0 Å². The van der Waals surface area contributed by atoms with E-state index in [0.717, 1.165) is 10.9 Å². The average molecular weight is 325 g/mol. The fourth-order valence-electron chi connectivity index (χ4n) is 2.22. The van der Waals surface area contributed by atoms with E-state index in [4.69, 9.17) is 4.74 Å². The quantitative estimate of drug-likeness (QED) is 0.436.